The Labute approximate surface area is 93.0 Å². The number of thioether (sulfide) groups is 1. The predicted octanol–water partition coefficient (Wildman–Crippen LogP) is 2.54. The lowest BCUT2D eigenvalue weighted by molar-refractivity contribution is 0.189. The minimum absolute atomic E-state index is 0.227. The largest absolute Gasteiger partial charge is 0.398 e. The number of rotatable bonds is 3. The van der Waals surface area contributed by atoms with E-state index >= 15 is 0 Å². The molecule has 0 saturated carbocycles. The van der Waals surface area contributed by atoms with Crippen LogP contribution in [0.15, 0.2) is 23.1 Å². The van der Waals surface area contributed by atoms with Crippen molar-refractivity contribution in [3.63, 3.8) is 0 Å². The van der Waals surface area contributed by atoms with E-state index in [9.17, 15) is 4.39 Å². The number of anilines is 1. The van der Waals surface area contributed by atoms with Gasteiger partial charge in [0.05, 0.1) is 6.61 Å². The average Bonchev–Trinajstić information content (AvgIpc) is 2.72. The van der Waals surface area contributed by atoms with Crippen molar-refractivity contribution >= 4 is 17.4 Å². The number of nitrogens with two attached hydrogens (primary N) is 1. The molecule has 1 fully saturated rings. The summed E-state index contributed by atoms with van der Waals surface area (Å²) in [6.45, 7) is 1.67. The van der Waals surface area contributed by atoms with Crippen molar-refractivity contribution in [2.45, 2.75) is 11.3 Å². The molecule has 0 aliphatic carbocycles. The fourth-order valence-electron chi connectivity index (χ4n) is 1.56. The first-order valence-corrected chi connectivity index (χ1v) is 6.00. The van der Waals surface area contributed by atoms with E-state index in [1.165, 1.54) is 12.1 Å². The summed E-state index contributed by atoms with van der Waals surface area (Å²) in [5.74, 6) is 1.31. The summed E-state index contributed by atoms with van der Waals surface area (Å²) in [6, 6.07) is 4.50. The van der Waals surface area contributed by atoms with Gasteiger partial charge in [0, 0.05) is 22.9 Å². The van der Waals surface area contributed by atoms with Crippen LogP contribution >= 0.6 is 11.8 Å². The average molecular weight is 227 g/mol. The maximum Gasteiger partial charge on any atom is 0.124 e. The van der Waals surface area contributed by atoms with Crippen LogP contribution < -0.4 is 5.73 Å². The smallest absolute Gasteiger partial charge is 0.124 e. The third-order valence-electron chi connectivity index (χ3n) is 2.47. The Morgan fingerprint density at radius 3 is 3.13 bits per heavy atom. The number of halogens is 1. The van der Waals surface area contributed by atoms with E-state index < -0.39 is 0 Å². The van der Waals surface area contributed by atoms with Gasteiger partial charge in [0.1, 0.15) is 5.82 Å². The highest BCUT2D eigenvalue weighted by Gasteiger charge is 2.16. The molecule has 0 bridgehead atoms. The topological polar surface area (TPSA) is 35.2 Å². The summed E-state index contributed by atoms with van der Waals surface area (Å²) >= 11 is 1.61. The zero-order chi connectivity index (χ0) is 10.7. The number of benzene rings is 1. The Hall–Kier alpha value is -0.740. The van der Waals surface area contributed by atoms with E-state index in [0.717, 1.165) is 30.3 Å². The molecule has 2 rings (SSSR count). The van der Waals surface area contributed by atoms with Gasteiger partial charge in [0.25, 0.3) is 0 Å². The van der Waals surface area contributed by atoms with Crippen LogP contribution in [0, 0.1) is 11.7 Å². The van der Waals surface area contributed by atoms with E-state index in [0.29, 0.717) is 11.6 Å². The van der Waals surface area contributed by atoms with E-state index in [2.05, 4.69) is 0 Å². The van der Waals surface area contributed by atoms with Crippen LogP contribution in [0.25, 0.3) is 0 Å². The second-order valence-corrected chi connectivity index (χ2v) is 4.78. The zero-order valence-corrected chi connectivity index (χ0v) is 9.23. The Balaban J connectivity index is 1.94. The van der Waals surface area contributed by atoms with Crippen LogP contribution in [0.1, 0.15) is 6.42 Å². The minimum atomic E-state index is -0.227. The number of hydrogen-bond acceptors (Lipinski definition) is 3. The SMILES string of the molecule is Nc1ccc(F)cc1SCC1CCOC1. The summed E-state index contributed by atoms with van der Waals surface area (Å²) in [4.78, 5) is 0.835. The highest BCUT2D eigenvalue weighted by Crippen LogP contribution is 2.29. The van der Waals surface area contributed by atoms with Gasteiger partial charge in [-0.15, -0.1) is 11.8 Å². The second kappa shape index (κ2) is 4.86. The van der Waals surface area contributed by atoms with Gasteiger partial charge in [0.2, 0.25) is 0 Å². The zero-order valence-electron chi connectivity index (χ0n) is 8.41. The predicted molar refractivity (Wildman–Crippen MR) is 60.5 cm³/mol. The molecule has 1 heterocycles. The van der Waals surface area contributed by atoms with Crippen molar-refractivity contribution in [2.24, 2.45) is 5.92 Å². The summed E-state index contributed by atoms with van der Waals surface area (Å²) in [5, 5.41) is 0. The van der Waals surface area contributed by atoms with Crippen molar-refractivity contribution < 1.29 is 9.13 Å². The highest BCUT2D eigenvalue weighted by molar-refractivity contribution is 7.99. The first-order chi connectivity index (χ1) is 7.25. The number of nitrogen functional groups attached to an aromatic ring is 1. The summed E-state index contributed by atoms with van der Waals surface area (Å²) in [5.41, 5.74) is 6.41. The molecule has 1 aliphatic rings. The van der Waals surface area contributed by atoms with Gasteiger partial charge in [0.15, 0.2) is 0 Å². The lowest BCUT2D eigenvalue weighted by Crippen LogP contribution is -2.02. The molecule has 0 amide bonds. The summed E-state index contributed by atoms with van der Waals surface area (Å²) in [6.07, 6.45) is 1.10. The van der Waals surface area contributed by atoms with Gasteiger partial charge >= 0.3 is 0 Å². The molecule has 1 saturated heterocycles. The van der Waals surface area contributed by atoms with Gasteiger partial charge in [-0.05, 0) is 30.5 Å². The third-order valence-corrected chi connectivity index (χ3v) is 3.78. The van der Waals surface area contributed by atoms with Gasteiger partial charge < -0.3 is 10.5 Å². The Morgan fingerprint density at radius 2 is 2.40 bits per heavy atom. The Morgan fingerprint density at radius 1 is 1.53 bits per heavy atom. The lowest BCUT2D eigenvalue weighted by Gasteiger charge is -2.08. The molecular weight excluding hydrogens is 213 g/mol. The van der Waals surface area contributed by atoms with Crippen molar-refractivity contribution in [1.29, 1.82) is 0 Å². The standard InChI is InChI=1S/C11H14FNOS/c12-9-1-2-10(13)11(5-9)15-7-8-3-4-14-6-8/h1-2,5,8H,3-4,6-7,13H2. The van der Waals surface area contributed by atoms with Crippen molar-refractivity contribution in [3.8, 4) is 0 Å². The Kier molecular flexibility index (Phi) is 3.49. The molecule has 0 radical (unpaired) electrons. The van der Waals surface area contributed by atoms with Gasteiger partial charge in [-0.1, -0.05) is 0 Å². The fourth-order valence-corrected chi connectivity index (χ4v) is 2.66. The monoisotopic (exact) mass is 227 g/mol. The lowest BCUT2D eigenvalue weighted by atomic mass is 10.2. The van der Waals surface area contributed by atoms with Crippen LogP contribution in [0.5, 0.6) is 0 Å². The van der Waals surface area contributed by atoms with Crippen LogP contribution in [-0.4, -0.2) is 19.0 Å². The van der Waals surface area contributed by atoms with Crippen molar-refractivity contribution in [1.82, 2.24) is 0 Å². The van der Waals surface area contributed by atoms with Gasteiger partial charge in [-0.2, -0.15) is 0 Å². The molecule has 1 aliphatic heterocycles. The molecule has 0 spiro atoms. The van der Waals surface area contributed by atoms with Crippen LogP contribution in [0.3, 0.4) is 0 Å². The first-order valence-electron chi connectivity index (χ1n) is 5.01. The fraction of sp³-hybridized carbons (Fsp3) is 0.455. The van der Waals surface area contributed by atoms with Gasteiger partial charge in [-0.25, -0.2) is 4.39 Å². The van der Waals surface area contributed by atoms with Crippen LogP contribution in [0.2, 0.25) is 0 Å². The maximum atomic E-state index is 13.0. The molecule has 82 valence electrons. The van der Waals surface area contributed by atoms with E-state index in [1.54, 1.807) is 17.8 Å². The third kappa shape index (κ3) is 2.86. The molecular formula is C11H14FNOS. The number of hydrogen-bond donors (Lipinski definition) is 1. The molecule has 1 aromatic carbocycles. The molecule has 0 aromatic heterocycles. The van der Waals surface area contributed by atoms with Crippen molar-refractivity contribution in [2.75, 3.05) is 24.7 Å². The molecule has 2 N–H and O–H groups in total. The second-order valence-electron chi connectivity index (χ2n) is 3.72. The van der Waals surface area contributed by atoms with Crippen LogP contribution in [-0.2, 0) is 4.74 Å². The molecule has 15 heavy (non-hydrogen) atoms. The number of ether oxygens (including phenoxy) is 1. The normalized spacial score (nSPS) is 20.7. The maximum absolute atomic E-state index is 13.0. The minimum Gasteiger partial charge on any atom is -0.398 e. The molecule has 1 unspecified atom stereocenters. The highest BCUT2D eigenvalue weighted by atomic mass is 32.2. The summed E-state index contributed by atoms with van der Waals surface area (Å²) < 4.78 is 18.2. The quantitative estimate of drug-likeness (QED) is 0.636. The first kappa shape index (κ1) is 10.8. The molecule has 2 nitrogen and oxygen atoms in total. The molecule has 1 atom stereocenters. The molecule has 4 heteroatoms. The van der Waals surface area contributed by atoms with Crippen molar-refractivity contribution in [3.05, 3.63) is 24.0 Å². The summed E-state index contributed by atoms with van der Waals surface area (Å²) in [7, 11) is 0. The van der Waals surface area contributed by atoms with E-state index in [-0.39, 0.29) is 5.82 Å². The Bertz CT molecular complexity index is 339. The van der Waals surface area contributed by atoms with Gasteiger partial charge in [-0.3, -0.25) is 0 Å². The van der Waals surface area contributed by atoms with Crippen LogP contribution in [0.4, 0.5) is 10.1 Å². The van der Waals surface area contributed by atoms with E-state index in [4.69, 9.17) is 10.5 Å². The molecule has 1 aromatic rings. The van der Waals surface area contributed by atoms with E-state index in [1.807, 2.05) is 0 Å².